The summed E-state index contributed by atoms with van der Waals surface area (Å²) in [6.07, 6.45) is 15.1. The molecule has 5 aliphatic carbocycles. The van der Waals surface area contributed by atoms with E-state index in [0.717, 1.165) is 18.3 Å². The Kier molecular flexibility index (Phi) is 5.71. The molecule has 0 spiro atoms. The van der Waals surface area contributed by atoms with Crippen molar-refractivity contribution in [2.75, 3.05) is 7.11 Å². The first kappa shape index (κ1) is 24.8. The summed E-state index contributed by atoms with van der Waals surface area (Å²) in [5.41, 5.74) is 2.77. The van der Waals surface area contributed by atoms with E-state index in [1.54, 1.807) is 0 Å². The Bertz CT molecular complexity index is 897. The number of ether oxygens (including phenoxy) is 1. The molecule has 0 saturated heterocycles. The van der Waals surface area contributed by atoms with E-state index in [-0.39, 0.29) is 10.8 Å². The van der Waals surface area contributed by atoms with E-state index < -0.39 is 0 Å². The molecule has 34 heavy (non-hydrogen) atoms. The Morgan fingerprint density at radius 1 is 0.882 bits per heavy atom. The van der Waals surface area contributed by atoms with Crippen molar-refractivity contribution in [1.82, 2.24) is 0 Å². The molecule has 2 heteroatoms. The quantitative estimate of drug-likeness (QED) is 0.311. The van der Waals surface area contributed by atoms with Gasteiger partial charge in [-0.1, -0.05) is 46.8 Å². The van der Waals surface area contributed by atoms with Gasteiger partial charge in [0.15, 0.2) is 0 Å². The van der Waals surface area contributed by atoms with Gasteiger partial charge < -0.3 is 4.74 Å². The molecule has 0 aromatic carbocycles. The van der Waals surface area contributed by atoms with Crippen LogP contribution in [0.3, 0.4) is 0 Å². The molecule has 5 saturated carbocycles. The van der Waals surface area contributed by atoms with Crippen LogP contribution in [0.4, 0.5) is 0 Å². The molecule has 0 aliphatic heterocycles. The lowest BCUT2D eigenvalue weighted by Gasteiger charge is -2.73. The fourth-order valence-corrected chi connectivity index (χ4v) is 12.0. The lowest BCUT2D eigenvalue weighted by Crippen LogP contribution is -2.66. The van der Waals surface area contributed by atoms with Crippen LogP contribution in [-0.4, -0.2) is 19.2 Å². The minimum Gasteiger partial charge on any atom is -0.381 e. The number of methoxy groups -OCH3 is 1. The molecule has 0 aromatic heterocycles. The zero-order valence-corrected chi connectivity index (χ0v) is 23.1. The molecule has 0 radical (unpaired) electrons. The molecule has 190 valence electrons. The molecule has 0 aromatic rings. The van der Waals surface area contributed by atoms with Gasteiger partial charge in [0.25, 0.3) is 0 Å². The number of allylic oxidation sites excluding steroid dienone is 2. The lowest BCUT2D eigenvalue weighted by atomic mass is 9.32. The minimum atomic E-state index is 0.0678. The normalized spacial score (nSPS) is 53.5. The van der Waals surface area contributed by atoms with Crippen LogP contribution in [0.1, 0.15) is 106 Å². The van der Waals surface area contributed by atoms with Gasteiger partial charge in [0.05, 0.1) is 6.10 Å². The average Bonchev–Trinajstić information content (AvgIpc) is 3.14. The van der Waals surface area contributed by atoms with Crippen molar-refractivity contribution >= 4 is 5.94 Å². The Hall–Kier alpha value is -0.850. The standard InChI is InChI=1S/C32H50O2/c1-21(2)22-11-16-32(19-20-33)18-17-30(6)23(27(22)32)9-10-25-29(5)14-13-26(34-8)28(3,4)24(29)12-15-31(25,30)7/h19,22-27H,1,9-18H2,2-8H3/t22?,23?,24?,25?,26-,27?,29-,30+,31+,32+/m0/s1. The Labute approximate surface area is 209 Å². The first-order valence-electron chi connectivity index (χ1n) is 14.3. The van der Waals surface area contributed by atoms with E-state index >= 15 is 0 Å². The van der Waals surface area contributed by atoms with Crippen LogP contribution >= 0.6 is 0 Å². The SMILES string of the molecule is C=C(C)C1CC[C@]2(C=C=O)CC[C@]3(C)C(CCC4[C@@]5(C)CC[C@H](OC)C(C)(C)C5CC[C@]43C)C12. The molecule has 0 amide bonds. The van der Waals surface area contributed by atoms with Gasteiger partial charge in [0.1, 0.15) is 5.94 Å². The minimum absolute atomic E-state index is 0.0678. The van der Waals surface area contributed by atoms with Gasteiger partial charge >= 0.3 is 0 Å². The van der Waals surface area contributed by atoms with Crippen molar-refractivity contribution in [3.05, 3.63) is 18.2 Å². The third-order valence-corrected chi connectivity index (χ3v) is 13.7. The third-order valence-electron chi connectivity index (χ3n) is 13.7. The van der Waals surface area contributed by atoms with Crippen LogP contribution in [0, 0.1) is 56.7 Å². The van der Waals surface area contributed by atoms with Gasteiger partial charge in [-0.3, -0.25) is 0 Å². The van der Waals surface area contributed by atoms with Crippen molar-refractivity contribution in [1.29, 1.82) is 0 Å². The van der Waals surface area contributed by atoms with Crippen LogP contribution in [0.2, 0.25) is 0 Å². The predicted molar refractivity (Wildman–Crippen MR) is 140 cm³/mol. The van der Waals surface area contributed by atoms with Gasteiger partial charge in [0, 0.05) is 18.6 Å². The van der Waals surface area contributed by atoms with Gasteiger partial charge in [-0.05, 0) is 122 Å². The summed E-state index contributed by atoms with van der Waals surface area (Å²) in [5, 5.41) is 0. The zero-order chi connectivity index (χ0) is 24.7. The summed E-state index contributed by atoms with van der Waals surface area (Å²) >= 11 is 0. The molecule has 5 unspecified atom stereocenters. The highest BCUT2D eigenvalue weighted by molar-refractivity contribution is 5.48. The topological polar surface area (TPSA) is 26.3 Å². The molecule has 0 N–H and O–H groups in total. The maximum Gasteiger partial charge on any atom is 0.120 e. The number of fused-ring (bicyclic) bond motifs is 7. The summed E-state index contributed by atoms with van der Waals surface area (Å²) in [6, 6.07) is 0. The molecule has 0 heterocycles. The van der Waals surface area contributed by atoms with E-state index in [9.17, 15) is 4.79 Å². The second-order valence-corrected chi connectivity index (χ2v) is 14.8. The van der Waals surface area contributed by atoms with E-state index in [1.807, 2.05) is 13.2 Å². The van der Waals surface area contributed by atoms with Gasteiger partial charge in [0.2, 0.25) is 0 Å². The van der Waals surface area contributed by atoms with Crippen molar-refractivity contribution in [2.45, 2.75) is 112 Å². The number of carbonyl (C=O) groups excluding carboxylic acids is 1. The van der Waals surface area contributed by atoms with Gasteiger partial charge in [-0.25, -0.2) is 4.79 Å². The fourth-order valence-electron chi connectivity index (χ4n) is 12.0. The fraction of sp³-hybridized carbons (Fsp3) is 0.875. The second-order valence-electron chi connectivity index (χ2n) is 14.8. The van der Waals surface area contributed by atoms with Crippen LogP contribution in [0.5, 0.6) is 0 Å². The van der Waals surface area contributed by atoms with Gasteiger partial charge in [-0.2, -0.15) is 0 Å². The molecule has 0 bridgehead atoms. The third kappa shape index (κ3) is 2.94. The van der Waals surface area contributed by atoms with Crippen LogP contribution < -0.4 is 0 Å². The summed E-state index contributed by atoms with van der Waals surface area (Å²) in [7, 11) is 1.93. The summed E-state index contributed by atoms with van der Waals surface area (Å²) in [5.74, 6) is 5.65. The second kappa shape index (κ2) is 7.82. The van der Waals surface area contributed by atoms with Crippen LogP contribution in [0.15, 0.2) is 18.2 Å². The molecule has 5 aliphatic rings. The Morgan fingerprint density at radius 2 is 1.62 bits per heavy atom. The van der Waals surface area contributed by atoms with E-state index in [1.165, 1.54) is 63.4 Å². The van der Waals surface area contributed by atoms with Gasteiger partial charge in [-0.15, -0.1) is 0 Å². The molecule has 5 fully saturated rings. The first-order chi connectivity index (χ1) is 15.9. The van der Waals surface area contributed by atoms with E-state index in [4.69, 9.17) is 4.74 Å². The predicted octanol–water partition coefficient (Wildman–Crippen LogP) is 8.05. The smallest absolute Gasteiger partial charge is 0.120 e. The van der Waals surface area contributed by atoms with E-state index in [2.05, 4.69) is 54.1 Å². The highest BCUT2D eigenvalue weighted by Crippen LogP contribution is 2.77. The van der Waals surface area contributed by atoms with Crippen molar-refractivity contribution in [3.8, 4) is 0 Å². The highest BCUT2D eigenvalue weighted by atomic mass is 16.5. The molecule has 2 nitrogen and oxygen atoms in total. The van der Waals surface area contributed by atoms with Crippen LogP contribution in [0.25, 0.3) is 0 Å². The molecule has 5 rings (SSSR count). The number of hydrogen-bond donors (Lipinski definition) is 0. The molecule has 10 atom stereocenters. The Morgan fingerprint density at radius 3 is 2.26 bits per heavy atom. The highest BCUT2D eigenvalue weighted by Gasteiger charge is 2.70. The maximum absolute atomic E-state index is 11.7. The largest absolute Gasteiger partial charge is 0.381 e. The van der Waals surface area contributed by atoms with Crippen molar-refractivity contribution in [3.63, 3.8) is 0 Å². The Balaban J connectivity index is 1.55. The zero-order valence-electron chi connectivity index (χ0n) is 23.1. The van der Waals surface area contributed by atoms with E-state index in [0.29, 0.717) is 40.1 Å². The first-order valence-corrected chi connectivity index (χ1v) is 14.3. The number of rotatable bonds is 3. The summed E-state index contributed by atoms with van der Waals surface area (Å²) < 4.78 is 6.04. The summed E-state index contributed by atoms with van der Waals surface area (Å²) in [4.78, 5) is 11.7. The molecular weight excluding hydrogens is 416 g/mol. The lowest BCUT2D eigenvalue weighted by molar-refractivity contribution is -0.246. The number of hydrogen-bond acceptors (Lipinski definition) is 2. The average molecular weight is 467 g/mol. The van der Waals surface area contributed by atoms with Crippen LogP contribution in [-0.2, 0) is 9.53 Å². The van der Waals surface area contributed by atoms with Crippen molar-refractivity contribution in [2.24, 2.45) is 56.7 Å². The maximum atomic E-state index is 11.7. The summed E-state index contributed by atoms with van der Waals surface area (Å²) in [6.45, 7) is 19.7. The van der Waals surface area contributed by atoms with Crippen molar-refractivity contribution < 1.29 is 9.53 Å². The molecular formula is C32H50O2. The monoisotopic (exact) mass is 466 g/mol.